The van der Waals surface area contributed by atoms with Gasteiger partial charge in [-0.3, -0.25) is 0 Å². The van der Waals surface area contributed by atoms with E-state index >= 15 is 0 Å². The number of benzene rings is 1. The second-order valence-corrected chi connectivity index (χ2v) is 5.17. The summed E-state index contributed by atoms with van der Waals surface area (Å²) in [5.74, 6) is -1.25. The summed E-state index contributed by atoms with van der Waals surface area (Å²) in [6, 6.07) is 2.63. The van der Waals surface area contributed by atoms with E-state index in [1.807, 2.05) is 6.92 Å². The maximum atomic E-state index is 14.2. The van der Waals surface area contributed by atoms with Crippen LogP contribution < -0.4 is 5.32 Å². The van der Waals surface area contributed by atoms with Crippen LogP contribution in [0.3, 0.4) is 0 Å². The van der Waals surface area contributed by atoms with Crippen molar-refractivity contribution in [2.75, 3.05) is 6.54 Å². The summed E-state index contributed by atoms with van der Waals surface area (Å²) in [5, 5.41) is 11.3. The zero-order valence-corrected chi connectivity index (χ0v) is 12.7. The molecule has 1 atom stereocenters. The summed E-state index contributed by atoms with van der Waals surface area (Å²) in [6.45, 7) is 8.24. The molecule has 1 N–H and O–H groups in total. The number of hydrogen-bond donors (Lipinski definition) is 1. The molecular formula is C15H20F2N4. The molecule has 1 aromatic carbocycles. The van der Waals surface area contributed by atoms with Gasteiger partial charge in [0.1, 0.15) is 11.4 Å². The van der Waals surface area contributed by atoms with Crippen LogP contribution in [-0.4, -0.2) is 21.5 Å². The Hall–Kier alpha value is -1.82. The maximum absolute atomic E-state index is 14.2. The highest BCUT2D eigenvalue weighted by Gasteiger charge is 2.21. The zero-order valence-electron chi connectivity index (χ0n) is 12.7. The minimum Gasteiger partial charge on any atom is -0.309 e. The van der Waals surface area contributed by atoms with Crippen molar-refractivity contribution in [2.45, 2.75) is 40.2 Å². The highest BCUT2D eigenvalue weighted by Crippen LogP contribution is 2.23. The number of hydrogen-bond acceptors (Lipinski definition) is 3. The molecule has 0 amide bonds. The van der Waals surface area contributed by atoms with Crippen molar-refractivity contribution in [1.82, 2.24) is 20.3 Å². The lowest BCUT2D eigenvalue weighted by atomic mass is 10.1. The van der Waals surface area contributed by atoms with Gasteiger partial charge >= 0.3 is 0 Å². The highest BCUT2D eigenvalue weighted by molar-refractivity contribution is 5.40. The molecule has 0 bridgehead atoms. The summed E-state index contributed by atoms with van der Waals surface area (Å²) in [7, 11) is 0. The van der Waals surface area contributed by atoms with Gasteiger partial charge in [0.05, 0.1) is 11.7 Å². The Morgan fingerprint density at radius 1 is 1.29 bits per heavy atom. The molecule has 2 aromatic rings. The van der Waals surface area contributed by atoms with Crippen LogP contribution in [0.5, 0.6) is 0 Å². The van der Waals surface area contributed by atoms with E-state index in [9.17, 15) is 8.78 Å². The van der Waals surface area contributed by atoms with E-state index in [0.717, 1.165) is 13.0 Å². The molecule has 21 heavy (non-hydrogen) atoms. The second kappa shape index (κ2) is 6.30. The van der Waals surface area contributed by atoms with E-state index in [4.69, 9.17) is 0 Å². The van der Waals surface area contributed by atoms with Gasteiger partial charge in [-0.05, 0) is 45.4 Å². The molecular weight excluding hydrogens is 274 g/mol. The van der Waals surface area contributed by atoms with Crippen molar-refractivity contribution in [1.29, 1.82) is 0 Å². The van der Waals surface area contributed by atoms with E-state index in [1.165, 1.54) is 16.8 Å². The molecule has 1 heterocycles. The minimum absolute atomic E-state index is 0.0189. The normalized spacial score (nSPS) is 12.7. The van der Waals surface area contributed by atoms with Crippen molar-refractivity contribution in [3.05, 3.63) is 40.7 Å². The summed E-state index contributed by atoms with van der Waals surface area (Å²) >= 11 is 0. The predicted molar refractivity (Wildman–Crippen MR) is 77.5 cm³/mol. The standard InChI is InChI=1S/C15H20F2N4/c1-5-8-18-10(3)14-11(4)21(20-19-14)15-12(16)7-6-9(2)13(15)17/h6-7,10,18H,5,8H2,1-4H3. The van der Waals surface area contributed by atoms with Crippen LogP contribution in [0.15, 0.2) is 12.1 Å². The fraction of sp³-hybridized carbons (Fsp3) is 0.467. The van der Waals surface area contributed by atoms with Crippen molar-refractivity contribution in [3.8, 4) is 5.69 Å². The van der Waals surface area contributed by atoms with Crippen LogP contribution in [0.4, 0.5) is 8.78 Å². The molecule has 2 rings (SSSR count). The molecule has 1 unspecified atom stereocenters. The molecule has 0 saturated heterocycles. The third-order valence-corrected chi connectivity index (χ3v) is 3.51. The summed E-state index contributed by atoms with van der Waals surface area (Å²) in [5.41, 5.74) is 1.53. The van der Waals surface area contributed by atoms with Crippen LogP contribution in [0.25, 0.3) is 5.69 Å². The second-order valence-electron chi connectivity index (χ2n) is 5.17. The maximum Gasteiger partial charge on any atom is 0.154 e. The molecule has 114 valence electrons. The number of nitrogens with zero attached hydrogens (tertiary/aromatic N) is 3. The summed E-state index contributed by atoms with van der Waals surface area (Å²) < 4.78 is 29.4. The first-order chi connectivity index (χ1) is 9.97. The van der Waals surface area contributed by atoms with E-state index in [0.29, 0.717) is 17.0 Å². The van der Waals surface area contributed by atoms with Crippen molar-refractivity contribution < 1.29 is 8.78 Å². The lowest BCUT2D eigenvalue weighted by Gasteiger charge is -2.12. The van der Waals surface area contributed by atoms with Gasteiger partial charge in [0.2, 0.25) is 0 Å². The number of rotatable bonds is 5. The topological polar surface area (TPSA) is 42.7 Å². The van der Waals surface area contributed by atoms with Gasteiger partial charge in [0, 0.05) is 0 Å². The fourth-order valence-electron chi connectivity index (χ4n) is 2.25. The predicted octanol–water partition coefficient (Wildman–Crippen LogP) is 3.22. The Balaban J connectivity index is 2.44. The van der Waals surface area contributed by atoms with Gasteiger partial charge in [-0.2, -0.15) is 0 Å². The first kappa shape index (κ1) is 15.6. The quantitative estimate of drug-likeness (QED) is 0.920. The SMILES string of the molecule is CCCNC(C)c1nnn(-c2c(F)ccc(C)c2F)c1C. The molecule has 0 saturated carbocycles. The average Bonchev–Trinajstić information content (AvgIpc) is 2.83. The molecule has 0 aliphatic heterocycles. The van der Waals surface area contributed by atoms with Crippen LogP contribution in [-0.2, 0) is 0 Å². The molecule has 4 nitrogen and oxygen atoms in total. The van der Waals surface area contributed by atoms with Gasteiger partial charge < -0.3 is 5.32 Å². The fourth-order valence-corrected chi connectivity index (χ4v) is 2.25. The van der Waals surface area contributed by atoms with Crippen molar-refractivity contribution in [2.24, 2.45) is 0 Å². The molecule has 1 aromatic heterocycles. The Kier molecular flexibility index (Phi) is 4.67. The van der Waals surface area contributed by atoms with E-state index in [1.54, 1.807) is 13.8 Å². The molecule has 0 spiro atoms. The van der Waals surface area contributed by atoms with Gasteiger partial charge in [0.25, 0.3) is 0 Å². The molecule has 0 aliphatic rings. The zero-order chi connectivity index (χ0) is 15.6. The molecule has 0 aliphatic carbocycles. The van der Waals surface area contributed by atoms with Gasteiger partial charge in [-0.1, -0.05) is 18.2 Å². The Bertz CT molecular complexity index is 637. The Labute approximate surface area is 123 Å². The average molecular weight is 294 g/mol. The number of nitrogens with one attached hydrogen (secondary N) is 1. The van der Waals surface area contributed by atoms with Crippen LogP contribution in [0.2, 0.25) is 0 Å². The van der Waals surface area contributed by atoms with Crippen molar-refractivity contribution >= 4 is 0 Å². The summed E-state index contributed by atoms with van der Waals surface area (Å²) in [6.07, 6.45) is 0.999. The number of aromatic nitrogens is 3. The molecule has 0 fully saturated rings. The smallest absolute Gasteiger partial charge is 0.154 e. The largest absolute Gasteiger partial charge is 0.309 e. The lowest BCUT2D eigenvalue weighted by molar-refractivity contribution is 0.548. The molecule has 6 heteroatoms. The first-order valence-corrected chi connectivity index (χ1v) is 7.07. The number of aryl methyl sites for hydroxylation is 1. The summed E-state index contributed by atoms with van der Waals surface area (Å²) in [4.78, 5) is 0. The minimum atomic E-state index is -0.646. The first-order valence-electron chi connectivity index (χ1n) is 7.07. The van der Waals surface area contributed by atoms with Gasteiger partial charge in [-0.15, -0.1) is 5.10 Å². The number of halogens is 2. The third kappa shape index (κ3) is 2.95. The third-order valence-electron chi connectivity index (χ3n) is 3.51. The Morgan fingerprint density at radius 2 is 2.00 bits per heavy atom. The van der Waals surface area contributed by atoms with Crippen LogP contribution in [0, 0.1) is 25.5 Å². The Morgan fingerprint density at radius 3 is 2.67 bits per heavy atom. The van der Waals surface area contributed by atoms with Crippen LogP contribution in [0.1, 0.15) is 43.3 Å². The van der Waals surface area contributed by atoms with E-state index < -0.39 is 11.6 Å². The van der Waals surface area contributed by atoms with E-state index in [-0.39, 0.29) is 11.7 Å². The molecule has 0 radical (unpaired) electrons. The van der Waals surface area contributed by atoms with Crippen LogP contribution >= 0.6 is 0 Å². The monoisotopic (exact) mass is 294 g/mol. The van der Waals surface area contributed by atoms with Gasteiger partial charge in [0.15, 0.2) is 11.6 Å². The van der Waals surface area contributed by atoms with Gasteiger partial charge in [-0.25, -0.2) is 13.5 Å². The van der Waals surface area contributed by atoms with Crippen molar-refractivity contribution in [3.63, 3.8) is 0 Å². The highest BCUT2D eigenvalue weighted by atomic mass is 19.1. The van der Waals surface area contributed by atoms with E-state index in [2.05, 4.69) is 22.6 Å². The lowest BCUT2D eigenvalue weighted by Crippen LogP contribution is -2.20.